The molecule has 0 aromatic heterocycles. The number of hydrogen-bond acceptors (Lipinski definition) is 2. The molecule has 1 rings (SSSR count). The summed E-state index contributed by atoms with van der Waals surface area (Å²) in [6.07, 6.45) is 8.46. The minimum absolute atomic E-state index is 0.186. The number of aliphatic carboxylic acids is 1. The number of carboxylic acids is 1. The molecule has 0 saturated heterocycles. The fourth-order valence-corrected chi connectivity index (χ4v) is 2.47. The van der Waals surface area contributed by atoms with Crippen LogP contribution >= 0.6 is 0 Å². The van der Waals surface area contributed by atoms with E-state index in [1.165, 1.54) is 25.7 Å². The van der Waals surface area contributed by atoms with Gasteiger partial charge in [0, 0.05) is 6.42 Å². The van der Waals surface area contributed by atoms with Crippen LogP contribution < -0.4 is 0 Å². The van der Waals surface area contributed by atoms with Crippen molar-refractivity contribution in [1.82, 2.24) is 0 Å². The zero-order chi connectivity index (χ0) is 16.2. The largest absolute Gasteiger partial charge is 0.481 e. The van der Waals surface area contributed by atoms with Crippen LogP contribution in [0.15, 0.2) is 24.3 Å². The summed E-state index contributed by atoms with van der Waals surface area (Å²) >= 11 is 0. The van der Waals surface area contributed by atoms with E-state index in [1.807, 2.05) is 24.3 Å². The quantitative estimate of drug-likeness (QED) is 0.555. The van der Waals surface area contributed by atoms with Gasteiger partial charge in [-0.05, 0) is 30.4 Å². The number of unbranched alkanes of at least 4 members (excludes halogenated alkanes) is 3. The molecular formula is C19H30O3. The fraction of sp³-hybridized carbons (Fsp3) is 0.632. The van der Waals surface area contributed by atoms with E-state index >= 15 is 0 Å². The summed E-state index contributed by atoms with van der Waals surface area (Å²) in [5.74, 6) is -0.749. The molecule has 1 aromatic carbocycles. The Morgan fingerprint density at radius 3 is 2.36 bits per heavy atom. The van der Waals surface area contributed by atoms with Crippen LogP contribution in [0.4, 0.5) is 0 Å². The predicted octanol–water partition coefficient (Wildman–Crippen LogP) is 4.97. The molecule has 0 aliphatic rings. The molecule has 0 heterocycles. The lowest BCUT2D eigenvalue weighted by atomic mass is 10.1. The van der Waals surface area contributed by atoms with E-state index in [2.05, 4.69) is 13.8 Å². The van der Waals surface area contributed by atoms with E-state index < -0.39 is 5.97 Å². The molecule has 3 nitrogen and oxygen atoms in total. The molecule has 1 unspecified atom stereocenters. The van der Waals surface area contributed by atoms with Crippen LogP contribution in [0, 0.1) is 0 Å². The fourth-order valence-electron chi connectivity index (χ4n) is 2.47. The molecule has 1 atom stereocenters. The highest BCUT2D eigenvalue weighted by Crippen LogP contribution is 2.14. The van der Waals surface area contributed by atoms with Gasteiger partial charge in [-0.25, -0.2) is 0 Å². The molecule has 0 spiro atoms. The number of rotatable bonds is 12. The van der Waals surface area contributed by atoms with Crippen molar-refractivity contribution in [2.24, 2.45) is 0 Å². The van der Waals surface area contributed by atoms with Crippen LogP contribution in [-0.4, -0.2) is 17.2 Å². The van der Waals surface area contributed by atoms with Gasteiger partial charge in [0.25, 0.3) is 0 Å². The Bertz CT molecular complexity index is 411. The number of aryl methyl sites for hydroxylation is 1. The van der Waals surface area contributed by atoms with E-state index in [0.717, 1.165) is 24.0 Å². The highest BCUT2D eigenvalue weighted by Gasteiger charge is 2.07. The molecule has 1 aromatic rings. The molecule has 0 fully saturated rings. The lowest BCUT2D eigenvalue weighted by Gasteiger charge is -2.16. The summed E-state index contributed by atoms with van der Waals surface area (Å²) in [6, 6.07) is 8.09. The molecule has 0 aliphatic heterocycles. The van der Waals surface area contributed by atoms with Crippen molar-refractivity contribution in [2.45, 2.75) is 77.9 Å². The molecule has 0 aliphatic carbocycles. The van der Waals surface area contributed by atoms with Gasteiger partial charge in [0.15, 0.2) is 0 Å². The Kier molecular flexibility index (Phi) is 9.56. The third kappa shape index (κ3) is 8.18. The summed E-state index contributed by atoms with van der Waals surface area (Å²) in [7, 11) is 0. The van der Waals surface area contributed by atoms with Crippen molar-refractivity contribution in [2.75, 3.05) is 0 Å². The van der Waals surface area contributed by atoms with Gasteiger partial charge >= 0.3 is 5.97 Å². The zero-order valence-corrected chi connectivity index (χ0v) is 14.0. The third-order valence-corrected chi connectivity index (χ3v) is 3.97. The molecule has 0 radical (unpaired) electrons. The number of ether oxygens (including phenoxy) is 1. The zero-order valence-electron chi connectivity index (χ0n) is 14.0. The Morgan fingerprint density at radius 2 is 1.77 bits per heavy atom. The number of carbonyl (C=O) groups is 1. The van der Waals surface area contributed by atoms with Crippen molar-refractivity contribution < 1.29 is 14.6 Å². The molecule has 0 amide bonds. The van der Waals surface area contributed by atoms with Gasteiger partial charge < -0.3 is 9.84 Å². The van der Waals surface area contributed by atoms with Gasteiger partial charge in [0.2, 0.25) is 0 Å². The average molecular weight is 306 g/mol. The Labute approximate surface area is 134 Å². The van der Waals surface area contributed by atoms with E-state index in [4.69, 9.17) is 9.84 Å². The lowest BCUT2D eigenvalue weighted by molar-refractivity contribution is -0.136. The molecule has 124 valence electrons. The van der Waals surface area contributed by atoms with Crippen LogP contribution in [-0.2, 0) is 22.6 Å². The van der Waals surface area contributed by atoms with E-state index in [1.54, 1.807) is 0 Å². The first-order chi connectivity index (χ1) is 10.7. The minimum Gasteiger partial charge on any atom is -0.481 e. The summed E-state index contributed by atoms with van der Waals surface area (Å²) in [5, 5.41) is 8.69. The Balaban J connectivity index is 2.31. The standard InChI is InChI=1S/C19H30O3/c1-3-5-6-7-8-18(4-2)22-15-17-11-9-16(10-12-17)13-14-19(20)21/h9-12,18H,3-8,13-15H2,1-2H3,(H,20,21). The van der Waals surface area contributed by atoms with Crippen LogP contribution in [0.2, 0.25) is 0 Å². The first kappa shape index (κ1) is 18.7. The van der Waals surface area contributed by atoms with Crippen LogP contribution in [0.3, 0.4) is 0 Å². The normalized spacial score (nSPS) is 12.3. The van der Waals surface area contributed by atoms with Gasteiger partial charge in [-0.3, -0.25) is 4.79 Å². The molecule has 0 bridgehead atoms. The second kappa shape index (κ2) is 11.2. The summed E-state index contributed by atoms with van der Waals surface area (Å²) < 4.78 is 6.00. The van der Waals surface area contributed by atoms with Crippen LogP contribution in [0.5, 0.6) is 0 Å². The summed E-state index contributed by atoms with van der Waals surface area (Å²) in [5.41, 5.74) is 2.23. The minimum atomic E-state index is -0.749. The highest BCUT2D eigenvalue weighted by molar-refractivity contribution is 5.67. The van der Waals surface area contributed by atoms with Crippen molar-refractivity contribution in [3.8, 4) is 0 Å². The van der Waals surface area contributed by atoms with Gasteiger partial charge in [-0.1, -0.05) is 63.8 Å². The maximum Gasteiger partial charge on any atom is 0.303 e. The van der Waals surface area contributed by atoms with Crippen LogP contribution in [0.1, 0.15) is 69.9 Å². The highest BCUT2D eigenvalue weighted by atomic mass is 16.5. The summed E-state index contributed by atoms with van der Waals surface area (Å²) in [6.45, 7) is 5.05. The first-order valence-corrected chi connectivity index (χ1v) is 8.56. The molecule has 3 heteroatoms. The molecule has 22 heavy (non-hydrogen) atoms. The van der Waals surface area contributed by atoms with E-state index in [-0.39, 0.29) is 6.42 Å². The maximum atomic E-state index is 10.6. The average Bonchev–Trinajstić information content (AvgIpc) is 2.53. The van der Waals surface area contributed by atoms with Crippen molar-refractivity contribution >= 4 is 5.97 Å². The smallest absolute Gasteiger partial charge is 0.303 e. The van der Waals surface area contributed by atoms with E-state index in [0.29, 0.717) is 19.1 Å². The molecular weight excluding hydrogens is 276 g/mol. The number of carboxylic acid groups (broad SMARTS) is 1. The van der Waals surface area contributed by atoms with Gasteiger partial charge in [-0.2, -0.15) is 0 Å². The summed E-state index contributed by atoms with van der Waals surface area (Å²) in [4.78, 5) is 10.6. The van der Waals surface area contributed by atoms with Gasteiger partial charge in [0.1, 0.15) is 0 Å². The van der Waals surface area contributed by atoms with E-state index in [9.17, 15) is 4.79 Å². The Morgan fingerprint density at radius 1 is 1.09 bits per heavy atom. The monoisotopic (exact) mass is 306 g/mol. The number of benzene rings is 1. The van der Waals surface area contributed by atoms with Crippen molar-refractivity contribution in [3.63, 3.8) is 0 Å². The molecule has 1 N–H and O–H groups in total. The van der Waals surface area contributed by atoms with Crippen LogP contribution in [0.25, 0.3) is 0 Å². The van der Waals surface area contributed by atoms with Gasteiger partial charge in [-0.15, -0.1) is 0 Å². The predicted molar refractivity (Wildman–Crippen MR) is 90.0 cm³/mol. The number of hydrogen-bond donors (Lipinski definition) is 1. The Hall–Kier alpha value is -1.35. The lowest BCUT2D eigenvalue weighted by Crippen LogP contribution is -2.11. The van der Waals surface area contributed by atoms with Crippen molar-refractivity contribution in [3.05, 3.63) is 35.4 Å². The SMILES string of the molecule is CCCCCCC(CC)OCc1ccc(CCC(=O)O)cc1. The first-order valence-electron chi connectivity index (χ1n) is 8.56. The third-order valence-electron chi connectivity index (χ3n) is 3.97. The maximum absolute atomic E-state index is 10.6. The topological polar surface area (TPSA) is 46.5 Å². The second-order valence-electron chi connectivity index (χ2n) is 5.90. The molecule has 0 saturated carbocycles. The van der Waals surface area contributed by atoms with Crippen molar-refractivity contribution in [1.29, 1.82) is 0 Å². The van der Waals surface area contributed by atoms with Gasteiger partial charge in [0.05, 0.1) is 12.7 Å². The second-order valence-corrected chi connectivity index (χ2v) is 5.90.